The fourth-order valence-electron chi connectivity index (χ4n) is 2.17. The van der Waals surface area contributed by atoms with Crippen LogP contribution in [0.5, 0.6) is 17.2 Å². The molecule has 0 atom stereocenters. The first-order valence-corrected chi connectivity index (χ1v) is 8.65. The number of carbonyl (C=O) groups excluding carboxylic acids is 1. The van der Waals surface area contributed by atoms with Gasteiger partial charge in [-0.15, -0.1) is 11.3 Å². The molecule has 0 bridgehead atoms. The van der Waals surface area contributed by atoms with E-state index in [0.717, 1.165) is 6.07 Å². The Kier molecular flexibility index (Phi) is 5.94. The minimum Gasteiger partial charge on any atom is -0.494 e. The topological polar surface area (TPSA) is 95.5 Å². The van der Waals surface area contributed by atoms with Crippen LogP contribution in [-0.4, -0.2) is 35.5 Å². The van der Waals surface area contributed by atoms with Crippen molar-refractivity contribution in [1.82, 2.24) is 15.0 Å². The summed E-state index contributed by atoms with van der Waals surface area (Å²) in [6.07, 6.45) is 3.29. The number of hydrogen-bond acceptors (Lipinski definition) is 9. The van der Waals surface area contributed by atoms with Crippen molar-refractivity contribution in [1.29, 1.82) is 0 Å². The van der Waals surface area contributed by atoms with Crippen LogP contribution in [0, 0.1) is 11.6 Å². The van der Waals surface area contributed by atoms with Gasteiger partial charge >= 0.3 is 0 Å². The Morgan fingerprint density at radius 1 is 1.14 bits per heavy atom. The largest absolute Gasteiger partial charge is 0.494 e. The Morgan fingerprint density at radius 3 is 2.32 bits per heavy atom. The number of thiazole rings is 1. The van der Waals surface area contributed by atoms with Gasteiger partial charge in [-0.1, -0.05) is 0 Å². The highest BCUT2D eigenvalue weighted by molar-refractivity contribution is 7.13. The summed E-state index contributed by atoms with van der Waals surface area (Å²) < 4.78 is 43.8. The van der Waals surface area contributed by atoms with Crippen molar-refractivity contribution in [2.45, 2.75) is 6.61 Å². The molecular weight excluding hydrogens is 394 g/mol. The van der Waals surface area contributed by atoms with Gasteiger partial charge in [-0.25, -0.2) is 23.7 Å². The van der Waals surface area contributed by atoms with E-state index < -0.39 is 18.2 Å². The van der Waals surface area contributed by atoms with Gasteiger partial charge in [0.1, 0.15) is 12.3 Å². The van der Waals surface area contributed by atoms with Crippen molar-refractivity contribution in [3.63, 3.8) is 0 Å². The van der Waals surface area contributed by atoms with Crippen molar-refractivity contribution >= 4 is 28.7 Å². The molecule has 8 nitrogen and oxygen atoms in total. The lowest BCUT2D eigenvalue weighted by Crippen LogP contribution is -2.06. The van der Waals surface area contributed by atoms with Crippen molar-refractivity contribution in [3.05, 3.63) is 46.7 Å². The number of aldehydes is 1. The highest BCUT2D eigenvalue weighted by atomic mass is 32.1. The number of carbonyl (C=O) groups is 1. The van der Waals surface area contributed by atoms with E-state index in [0.29, 0.717) is 17.1 Å². The molecule has 0 aliphatic heterocycles. The number of methoxy groups -OCH3 is 2. The summed E-state index contributed by atoms with van der Waals surface area (Å²) in [4.78, 5) is 22.7. The molecule has 0 saturated heterocycles. The third-order valence-electron chi connectivity index (χ3n) is 3.54. The number of halogens is 2. The third-order valence-corrected chi connectivity index (χ3v) is 4.31. The molecule has 0 unspecified atom stereocenters. The molecule has 11 heteroatoms. The number of nitrogens with one attached hydrogen (secondary N) is 1. The zero-order chi connectivity index (χ0) is 20.1. The first-order chi connectivity index (χ1) is 13.5. The molecule has 146 valence electrons. The molecule has 2 heterocycles. The second-order valence-corrected chi connectivity index (χ2v) is 6.10. The SMILES string of the molecule is COc1cc(OC)c(F)c(COc2cnc(Nc3nc(C=O)cs3)nc2)c1F. The Hall–Kier alpha value is -3.34. The highest BCUT2D eigenvalue weighted by Crippen LogP contribution is 2.32. The fraction of sp³-hybridized carbons (Fsp3) is 0.176. The van der Waals surface area contributed by atoms with E-state index in [1.165, 1.54) is 38.0 Å². The number of benzene rings is 1. The van der Waals surface area contributed by atoms with Crippen molar-refractivity contribution in [2.75, 3.05) is 19.5 Å². The van der Waals surface area contributed by atoms with Crippen LogP contribution < -0.4 is 19.5 Å². The molecule has 2 aromatic heterocycles. The van der Waals surface area contributed by atoms with E-state index in [9.17, 15) is 13.6 Å². The summed E-state index contributed by atoms with van der Waals surface area (Å²) >= 11 is 1.22. The second-order valence-electron chi connectivity index (χ2n) is 5.24. The Labute approximate surface area is 162 Å². The predicted octanol–water partition coefficient (Wildman–Crippen LogP) is 3.36. The van der Waals surface area contributed by atoms with Gasteiger partial charge in [-0.3, -0.25) is 4.79 Å². The number of ether oxygens (including phenoxy) is 3. The Bertz CT molecular complexity index is 954. The molecule has 1 aromatic carbocycles. The minimum atomic E-state index is -0.880. The van der Waals surface area contributed by atoms with E-state index >= 15 is 0 Å². The first-order valence-electron chi connectivity index (χ1n) is 7.77. The molecule has 0 spiro atoms. The molecule has 0 aliphatic carbocycles. The van der Waals surface area contributed by atoms with Crippen LogP contribution in [0.15, 0.2) is 23.8 Å². The number of rotatable bonds is 8. The van der Waals surface area contributed by atoms with E-state index in [-0.39, 0.29) is 28.8 Å². The average molecular weight is 408 g/mol. The van der Waals surface area contributed by atoms with E-state index in [4.69, 9.17) is 14.2 Å². The van der Waals surface area contributed by atoms with Crippen LogP contribution in [0.25, 0.3) is 0 Å². The zero-order valence-corrected chi connectivity index (χ0v) is 15.5. The molecular formula is C17H14F2N4O4S. The van der Waals surface area contributed by atoms with Gasteiger partial charge in [0.2, 0.25) is 5.95 Å². The summed E-state index contributed by atoms with van der Waals surface area (Å²) in [6, 6.07) is 1.12. The quantitative estimate of drug-likeness (QED) is 0.567. The highest BCUT2D eigenvalue weighted by Gasteiger charge is 2.20. The molecule has 0 saturated carbocycles. The first kappa shape index (κ1) is 19.4. The van der Waals surface area contributed by atoms with Gasteiger partial charge < -0.3 is 19.5 Å². The predicted molar refractivity (Wildman–Crippen MR) is 96.6 cm³/mol. The van der Waals surface area contributed by atoms with Gasteiger partial charge in [-0.05, 0) is 0 Å². The smallest absolute Gasteiger partial charge is 0.229 e. The molecule has 0 fully saturated rings. The van der Waals surface area contributed by atoms with Crippen LogP contribution in [0.2, 0.25) is 0 Å². The summed E-state index contributed by atoms with van der Waals surface area (Å²) in [6.45, 7) is -0.420. The maximum atomic E-state index is 14.3. The molecule has 28 heavy (non-hydrogen) atoms. The number of nitrogens with zero attached hydrogens (tertiary/aromatic N) is 3. The standard InChI is InChI=1S/C17H14F2N4O4S/c1-25-12-3-13(26-2)15(19)11(14(12)18)7-27-10-4-20-16(21-5-10)23-17-22-9(6-24)8-28-17/h3-6,8H,7H2,1-2H3,(H,20,21,22,23). The van der Waals surface area contributed by atoms with Crippen LogP contribution in [0.1, 0.15) is 16.1 Å². The molecule has 0 radical (unpaired) electrons. The monoisotopic (exact) mass is 408 g/mol. The average Bonchev–Trinajstić information content (AvgIpc) is 3.17. The second kappa shape index (κ2) is 8.57. The van der Waals surface area contributed by atoms with Gasteiger partial charge in [0.05, 0.1) is 32.2 Å². The van der Waals surface area contributed by atoms with Gasteiger partial charge in [-0.2, -0.15) is 0 Å². The fourth-order valence-corrected chi connectivity index (χ4v) is 2.82. The van der Waals surface area contributed by atoms with Crippen LogP contribution in [0.3, 0.4) is 0 Å². The van der Waals surface area contributed by atoms with Gasteiger partial charge in [0.25, 0.3) is 0 Å². The van der Waals surface area contributed by atoms with Crippen molar-refractivity contribution in [3.8, 4) is 17.2 Å². The summed E-state index contributed by atoms with van der Waals surface area (Å²) in [5.41, 5.74) is -0.0483. The summed E-state index contributed by atoms with van der Waals surface area (Å²) in [5.74, 6) is -1.67. The van der Waals surface area contributed by atoms with Crippen molar-refractivity contribution < 1.29 is 27.8 Å². The number of aromatic nitrogens is 3. The maximum absolute atomic E-state index is 14.3. The van der Waals surface area contributed by atoms with Crippen LogP contribution in [0.4, 0.5) is 19.9 Å². The lowest BCUT2D eigenvalue weighted by Gasteiger charge is -2.13. The lowest BCUT2D eigenvalue weighted by molar-refractivity contribution is 0.111. The zero-order valence-electron chi connectivity index (χ0n) is 14.7. The van der Waals surface area contributed by atoms with Gasteiger partial charge in [0.15, 0.2) is 40.3 Å². The number of hydrogen-bond donors (Lipinski definition) is 1. The van der Waals surface area contributed by atoms with Crippen LogP contribution in [-0.2, 0) is 6.61 Å². The molecule has 0 aliphatic rings. The number of anilines is 2. The molecule has 0 amide bonds. The minimum absolute atomic E-state index is 0.161. The third kappa shape index (κ3) is 4.14. The van der Waals surface area contributed by atoms with Gasteiger partial charge in [0, 0.05) is 11.4 Å². The molecule has 3 aromatic rings. The van der Waals surface area contributed by atoms with Crippen molar-refractivity contribution in [2.24, 2.45) is 0 Å². The summed E-state index contributed by atoms with van der Waals surface area (Å²) in [7, 11) is 2.53. The van der Waals surface area contributed by atoms with Crippen LogP contribution >= 0.6 is 11.3 Å². The lowest BCUT2D eigenvalue weighted by atomic mass is 10.1. The van der Waals surface area contributed by atoms with E-state index in [1.54, 1.807) is 5.38 Å². The normalized spacial score (nSPS) is 10.4. The van der Waals surface area contributed by atoms with E-state index in [1.807, 2.05) is 0 Å². The maximum Gasteiger partial charge on any atom is 0.229 e. The summed E-state index contributed by atoms with van der Waals surface area (Å²) in [5, 5.41) is 4.85. The molecule has 3 rings (SSSR count). The molecule has 1 N–H and O–H groups in total. The van der Waals surface area contributed by atoms with E-state index in [2.05, 4.69) is 20.3 Å². The Morgan fingerprint density at radius 2 is 1.79 bits per heavy atom. The Balaban J connectivity index is 1.70.